The van der Waals surface area contributed by atoms with E-state index >= 15 is 0 Å². The van der Waals surface area contributed by atoms with Crippen molar-refractivity contribution in [2.24, 2.45) is 0 Å². The summed E-state index contributed by atoms with van der Waals surface area (Å²) in [7, 11) is 0. The van der Waals surface area contributed by atoms with E-state index in [1.165, 1.54) is 22.6 Å². The minimum Gasteiger partial charge on any atom is -0.492 e. The van der Waals surface area contributed by atoms with Gasteiger partial charge in [0.15, 0.2) is 0 Å². The summed E-state index contributed by atoms with van der Waals surface area (Å²) < 4.78 is 20.9. The Hall–Kier alpha value is -1.70. The molecule has 0 bridgehead atoms. The first-order chi connectivity index (χ1) is 12.4. The number of anilines is 1. The molecule has 0 saturated heterocycles. The van der Waals surface area contributed by atoms with Crippen LogP contribution in [0.1, 0.15) is 24.8 Å². The van der Waals surface area contributed by atoms with E-state index in [2.05, 4.69) is 23.1 Å². The normalized spacial score (nSPS) is 18.3. The Kier molecular flexibility index (Phi) is 5.79. The molecule has 2 atom stereocenters. The zero-order valence-corrected chi connectivity index (χ0v) is 16.2. The number of rotatable bonds is 5. The highest BCUT2D eigenvalue weighted by Crippen LogP contribution is 2.50. The minimum atomic E-state index is -0.465. The van der Waals surface area contributed by atoms with Gasteiger partial charge in [-0.1, -0.05) is 36.0 Å². The molecule has 1 aliphatic rings. The summed E-state index contributed by atoms with van der Waals surface area (Å²) in [6, 6.07) is 5.26. The molecular formula is C17H16Cl2FN3O2S. The van der Waals surface area contributed by atoms with Gasteiger partial charge in [-0.05, 0) is 37.6 Å². The van der Waals surface area contributed by atoms with Crippen LogP contribution < -0.4 is 10.1 Å². The van der Waals surface area contributed by atoms with Crippen LogP contribution in [0.2, 0.25) is 10.0 Å². The molecule has 0 radical (unpaired) electrons. The maximum absolute atomic E-state index is 14.3. The Labute approximate surface area is 166 Å². The van der Waals surface area contributed by atoms with Crippen LogP contribution in [0.15, 0.2) is 30.5 Å². The van der Waals surface area contributed by atoms with Crippen molar-refractivity contribution in [3.8, 4) is 5.75 Å². The number of carbonyl (C=O) groups is 1. The van der Waals surface area contributed by atoms with Crippen molar-refractivity contribution < 1.29 is 13.9 Å². The van der Waals surface area contributed by atoms with Crippen LogP contribution in [0.25, 0.3) is 0 Å². The minimum absolute atomic E-state index is 0.237. The highest BCUT2D eigenvalue weighted by Gasteiger charge is 2.47. The number of ether oxygens (including phenoxy) is 1. The molecule has 5 nitrogen and oxygen atoms in total. The number of aromatic nitrogens is 1. The third kappa shape index (κ3) is 4.00. The number of urea groups is 1. The zero-order valence-electron chi connectivity index (χ0n) is 13.7. The Morgan fingerprint density at radius 3 is 2.85 bits per heavy atom. The standard InChI is InChI=1S/C17H16Cl2FN3O2S/c1-2-25-13-5-4-11(20)15(16(13)19)10-7-12(10)23(26)17(24)22-14-6-3-9(18)8-21-14/h3-6,8,10,12,26H,2,7H2,1H3,(H,21,22,24). The van der Waals surface area contributed by atoms with E-state index in [0.29, 0.717) is 35.2 Å². The first-order valence-corrected chi connectivity index (χ1v) is 9.09. The summed E-state index contributed by atoms with van der Waals surface area (Å²) in [5.41, 5.74) is 0.346. The van der Waals surface area contributed by atoms with Gasteiger partial charge in [-0.15, -0.1) is 0 Å². The van der Waals surface area contributed by atoms with Crippen LogP contribution in [-0.4, -0.2) is 28.0 Å². The van der Waals surface area contributed by atoms with Crippen molar-refractivity contribution in [3.05, 3.63) is 51.9 Å². The lowest BCUT2D eigenvalue weighted by atomic mass is 10.1. The van der Waals surface area contributed by atoms with Gasteiger partial charge in [0, 0.05) is 17.7 Å². The van der Waals surface area contributed by atoms with Crippen LogP contribution in [0.3, 0.4) is 0 Å². The topological polar surface area (TPSA) is 54.5 Å². The van der Waals surface area contributed by atoms with E-state index in [-0.39, 0.29) is 17.0 Å². The number of thiol groups is 1. The Morgan fingerprint density at radius 2 is 2.19 bits per heavy atom. The second-order valence-corrected chi connectivity index (χ2v) is 7.00. The largest absolute Gasteiger partial charge is 0.492 e. The summed E-state index contributed by atoms with van der Waals surface area (Å²) in [4.78, 5) is 16.3. The molecule has 2 aromatic rings. The Morgan fingerprint density at radius 1 is 1.42 bits per heavy atom. The molecule has 1 heterocycles. The lowest BCUT2D eigenvalue weighted by molar-refractivity contribution is 0.237. The molecular weight excluding hydrogens is 400 g/mol. The summed E-state index contributed by atoms with van der Waals surface area (Å²) in [6.07, 6.45) is 1.98. The van der Waals surface area contributed by atoms with Crippen LogP contribution in [0.5, 0.6) is 5.75 Å². The van der Waals surface area contributed by atoms with E-state index < -0.39 is 11.8 Å². The molecule has 0 spiro atoms. The van der Waals surface area contributed by atoms with Crippen molar-refractivity contribution in [2.45, 2.75) is 25.3 Å². The number of hydrogen-bond acceptors (Lipinski definition) is 4. The van der Waals surface area contributed by atoms with E-state index in [0.717, 1.165) is 0 Å². The van der Waals surface area contributed by atoms with Crippen LogP contribution >= 0.6 is 36.0 Å². The molecule has 2 amide bonds. The van der Waals surface area contributed by atoms with Gasteiger partial charge in [-0.25, -0.2) is 14.2 Å². The molecule has 1 saturated carbocycles. The van der Waals surface area contributed by atoms with E-state index in [1.807, 2.05) is 6.92 Å². The third-order valence-electron chi connectivity index (χ3n) is 4.00. The SMILES string of the molecule is CCOc1ccc(F)c(C2CC2N(S)C(=O)Nc2ccc(Cl)cn2)c1Cl. The van der Waals surface area contributed by atoms with Gasteiger partial charge in [0.25, 0.3) is 0 Å². The number of amides is 2. The molecule has 3 rings (SSSR count). The van der Waals surface area contributed by atoms with E-state index in [4.69, 9.17) is 27.9 Å². The molecule has 2 unspecified atom stereocenters. The predicted molar refractivity (Wildman–Crippen MR) is 103 cm³/mol. The average Bonchev–Trinajstić information content (AvgIpc) is 3.39. The van der Waals surface area contributed by atoms with Crippen molar-refractivity contribution in [2.75, 3.05) is 11.9 Å². The van der Waals surface area contributed by atoms with Gasteiger partial charge in [0.1, 0.15) is 17.4 Å². The van der Waals surface area contributed by atoms with Crippen molar-refractivity contribution >= 4 is 47.9 Å². The summed E-state index contributed by atoms with van der Waals surface area (Å²) in [5, 5.41) is 3.31. The molecule has 1 fully saturated rings. The van der Waals surface area contributed by atoms with Gasteiger partial charge in [0.05, 0.1) is 22.7 Å². The van der Waals surface area contributed by atoms with Crippen molar-refractivity contribution in [3.63, 3.8) is 0 Å². The number of hydrogen-bond donors (Lipinski definition) is 2. The number of halogens is 3. The van der Waals surface area contributed by atoms with Crippen LogP contribution in [0.4, 0.5) is 15.0 Å². The highest BCUT2D eigenvalue weighted by molar-refractivity contribution is 7.78. The molecule has 1 aromatic heterocycles. The van der Waals surface area contributed by atoms with Crippen molar-refractivity contribution in [1.82, 2.24) is 9.29 Å². The first kappa shape index (κ1) is 19.1. The van der Waals surface area contributed by atoms with E-state index in [9.17, 15) is 9.18 Å². The summed E-state index contributed by atoms with van der Waals surface area (Å²) in [6.45, 7) is 2.25. The van der Waals surface area contributed by atoms with Gasteiger partial charge in [-0.2, -0.15) is 0 Å². The lowest BCUT2D eigenvalue weighted by Gasteiger charge is -2.17. The molecule has 26 heavy (non-hydrogen) atoms. The molecule has 1 aromatic carbocycles. The average molecular weight is 416 g/mol. The van der Waals surface area contributed by atoms with E-state index in [1.54, 1.807) is 12.1 Å². The van der Waals surface area contributed by atoms with Crippen LogP contribution in [0, 0.1) is 5.82 Å². The number of nitrogens with one attached hydrogen (secondary N) is 1. The molecule has 1 aliphatic carbocycles. The fourth-order valence-corrected chi connectivity index (χ4v) is 3.45. The smallest absolute Gasteiger partial charge is 0.333 e. The number of carbonyl (C=O) groups excluding carboxylic acids is 1. The maximum atomic E-state index is 14.3. The second kappa shape index (κ2) is 7.90. The summed E-state index contributed by atoms with van der Waals surface area (Å²) in [5.74, 6) is 0.103. The summed E-state index contributed by atoms with van der Waals surface area (Å²) >= 11 is 16.3. The van der Waals surface area contributed by atoms with Gasteiger partial charge >= 0.3 is 6.03 Å². The fraction of sp³-hybridized carbons (Fsp3) is 0.294. The number of nitrogens with zero attached hydrogens (tertiary/aromatic N) is 2. The Bertz CT molecular complexity index is 822. The quantitative estimate of drug-likeness (QED) is 0.662. The first-order valence-electron chi connectivity index (χ1n) is 7.93. The molecule has 0 aliphatic heterocycles. The highest BCUT2D eigenvalue weighted by atomic mass is 35.5. The second-order valence-electron chi connectivity index (χ2n) is 5.75. The van der Waals surface area contributed by atoms with Crippen LogP contribution in [-0.2, 0) is 0 Å². The molecule has 9 heteroatoms. The number of benzene rings is 1. The fourth-order valence-electron chi connectivity index (χ4n) is 2.69. The molecule has 138 valence electrons. The van der Waals surface area contributed by atoms with Gasteiger partial charge in [0.2, 0.25) is 0 Å². The lowest BCUT2D eigenvalue weighted by Crippen LogP contribution is -2.30. The monoisotopic (exact) mass is 415 g/mol. The van der Waals surface area contributed by atoms with Gasteiger partial charge in [-0.3, -0.25) is 9.62 Å². The predicted octanol–water partition coefficient (Wildman–Crippen LogP) is 5.16. The number of pyridine rings is 1. The zero-order chi connectivity index (χ0) is 18.8. The van der Waals surface area contributed by atoms with Gasteiger partial charge < -0.3 is 4.74 Å². The maximum Gasteiger partial charge on any atom is 0.333 e. The third-order valence-corrected chi connectivity index (χ3v) is 5.09. The molecule has 1 N–H and O–H groups in total. The van der Waals surface area contributed by atoms with Crippen molar-refractivity contribution in [1.29, 1.82) is 0 Å². The Balaban J connectivity index is 1.70.